The molecule has 0 aliphatic rings. The zero-order chi connectivity index (χ0) is 19.8. The molecule has 0 atom stereocenters. The van der Waals surface area contributed by atoms with Crippen molar-refractivity contribution >= 4 is 22.6 Å². The number of aryl methyl sites for hydroxylation is 2. The van der Waals surface area contributed by atoms with E-state index in [0.717, 1.165) is 17.8 Å². The maximum atomic E-state index is 13.5. The molecule has 2 aromatic carbocycles. The Kier molecular flexibility index (Phi) is 4.35. The smallest absolute Gasteiger partial charge is 0.256 e. The number of hydrogen-bond donors (Lipinski definition) is 1. The van der Waals surface area contributed by atoms with Crippen molar-refractivity contribution in [3.8, 4) is 5.69 Å². The van der Waals surface area contributed by atoms with Crippen LogP contribution < -0.4 is 5.32 Å². The maximum Gasteiger partial charge on any atom is 0.256 e. The van der Waals surface area contributed by atoms with Crippen LogP contribution in [0.25, 0.3) is 16.7 Å². The van der Waals surface area contributed by atoms with Gasteiger partial charge < -0.3 is 5.32 Å². The molecule has 2 aromatic heterocycles. The zero-order valence-electron chi connectivity index (χ0n) is 15.2. The van der Waals surface area contributed by atoms with E-state index < -0.39 is 17.5 Å². The number of aromatic nitrogens is 3. The predicted octanol–water partition coefficient (Wildman–Crippen LogP) is 4.57. The van der Waals surface area contributed by atoms with Gasteiger partial charge in [0, 0.05) is 17.4 Å². The number of nitrogens with zero attached hydrogens (tertiary/aromatic N) is 3. The first-order valence-electron chi connectivity index (χ1n) is 8.63. The molecule has 0 spiro atoms. The first kappa shape index (κ1) is 17.8. The number of anilines is 1. The van der Waals surface area contributed by atoms with Gasteiger partial charge >= 0.3 is 0 Å². The molecule has 2 heterocycles. The van der Waals surface area contributed by atoms with Gasteiger partial charge in [0.1, 0.15) is 0 Å². The fourth-order valence-electron chi connectivity index (χ4n) is 3.11. The van der Waals surface area contributed by atoms with Crippen LogP contribution in [0.3, 0.4) is 0 Å². The van der Waals surface area contributed by atoms with Crippen molar-refractivity contribution in [1.82, 2.24) is 14.8 Å². The molecule has 4 rings (SSSR count). The quantitative estimate of drug-likeness (QED) is 0.568. The Bertz CT molecular complexity index is 1200. The van der Waals surface area contributed by atoms with Gasteiger partial charge in [0.2, 0.25) is 0 Å². The highest BCUT2D eigenvalue weighted by Crippen LogP contribution is 2.26. The molecule has 7 heteroatoms. The van der Waals surface area contributed by atoms with E-state index in [0.29, 0.717) is 28.0 Å². The summed E-state index contributed by atoms with van der Waals surface area (Å²) in [5.74, 6) is -2.45. The summed E-state index contributed by atoms with van der Waals surface area (Å²) in [7, 11) is 0. The highest BCUT2D eigenvalue weighted by Gasteiger charge is 2.20. The molecule has 28 heavy (non-hydrogen) atoms. The highest BCUT2D eigenvalue weighted by atomic mass is 19.2. The van der Waals surface area contributed by atoms with Gasteiger partial charge in [0.15, 0.2) is 17.3 Å². The average Bonchev–Trinajstić information content (AvgIpc) is 3.01. The highest BCUT2D eigenvalue weighted by molar-refractivity contribution is 6.12. The van der Waals surface area contributed by atoms with E-state index in [1.165, 1.54) is 6.07 Å². The Morgan fingerprint density at radius 3 is 2.46 bits per heavy atom. The summed E-state index contributed by atoms with van der Waals surface area (Å²) < 4.78 is 28.3. The lowest BCUT2D eigenvalue weighted by Gasteiger charge is -2.09. The van der Waals surface area contributed by atoms with Crippen LogP contribution >= 0.6 is 0 Å². The summed E-state index contributed by atoms with van der Waals surface area (Å²) in [6.45, 7) is 3.58. The van der Waals surface area contributed by atoms with Crippen LogP contribution in [0.15, 0.2) is 54.6 Å². The number of rotatable bonds is 3. The van der Waals surface area contributed by atoms with Gasteiger partial charge in [-0.25, -0.2) is 18.4 Å². The third kappa shape index (κ3) is 3.11. The van der Waals surface area contributed by atoms with E-state index in [2.05, 4.69) is 15.4 Å². The van der Waals surface area contributed by atoms with E-state index in [9.17, 15) is 13.6 Å². The molecule has 0 aliphatic heterocycles. The number of benzene rings is 2. The van der Waals surface area contributed by atoms with Crippen molar-refractivity contribution in [1.29, 1.82) is 0 Å². The summed E-state index contributed by atoms with van der Waals surface area (Å²) in [5, 5.41) is 7.76. The molecule has 1 N–H and O–H groups in total. The van der Waals surface area contributed by atoms with Crippen LogP contribution in [-0.4, -0.2) is 20.7 Å². The first-order chi connectivity index (χ1) is 13.4. The predicted molar refractivity (Wildman–Crippen MR) is 103 cm³/mol. The fraction of sp³-hybridized carbons (Fsp3) is 0.0952. The van der Waals surface area contributed by atoms with Crippen LogP contribution in [0.1, 0.15) is 21.7 Å². The number of nitrogens with one attached hydrogen (secondary N) is 1. The molecule has 5 nitrogen and oxygen atoms in total. The number of para-hydroxylation sites is 1. The second-order valence-corrected chi connectivity index (χ2v) is 6.43. The first-order valence-corrected chi connectivity index (χ1v) is 8.63. The van der Waals surface area contributed by atoms with Crippen LogP contribution in [-0.2, 0) is 0 Å². The van der Waals surface area contributed by atoms with E-state index in [-0.39, 0.29) is 5.69 Å². The number of halogens is 2. The molecule has 1 amide bonds. The van der Waals surface area contributed by atoms with E-state index in [1.54, 1.807) is 24.6 Å². The second kappa shape index (κ2) is 6.84. The number of carbonyl (C=O) groups is 1. The van der Waals surface area contributed by atoms with Crippen molar-refractivity contribution in [3.05, 3.63) is 83.2 Å². The lowest BCUT2D eigenvalue weighted by atomic mass is 10.1. The van der Waals surface area contributed by atoms with Gasteiger partial charge in [-0.05, 0) is 44.2 Å². The third-order valence-electron chi connectivity index (χ3n) is 4.36. The van der Waals surface area contributed by atoms with Gasteiger partial charge in [0.05, 0.1) is 22.3 Å². The van der Waals surface area contributed by atoms with Crippen molar-refractivity contribution in [3.63, 3.8) is 0 Å². The summed E-state index contributed by atoms with van der Waals surface area (Å²) in [6, 6.07) is 14.4. The van der Waals surface area contributed by atoms with Crippen LogP contribution in [0.2, 0.25) is 0 Å². The number of pyridine rings is 1. The van der Waals surface area contributed by atoms with Crippen molar-refractivity contribution < 1.29 is 13.6 Å². The SMILES string of the molecule is Cc1cc(C(=O)Nc2ccc(F)c(F)c2)c2c(C)nn(-c3ccccc3)c2n1. The number of hydrogen-bond acceptors (Lipinski definition) is 3. The lowest BCUT2D eigenvalue weighted by Crippen LogP contribution is -2.13. The van der Waals surface area contributed by atoms with E-state index in [1.807, 2.05) is 30.3 Å². The van der Waals surface area contributed by atoms with Gasteiger partial charge in [-0.2, -0.15) is 5.10 Å². The molecular formula is C21H16F2N4O. The zero-order valence-corrected chi connectivity index (χ0v) is 15.2. The molecule has 0 saturated carbocycles. The molecule has 0 fully saturated rings. The van der Waals surface area contributed by atoms with Crippen molar-refractivity contribution in [2.24, 2.45) is 0 Å². The van der Waals surface area contributed by atoms with Crippen molar-refractivity contribution in [2.45, 2.75) is 13.8 Å². The van der Waals surface area contributed by atoms with Crippen molar-refractivity contribution in [2.75, 3.05) is 5.32 Å². The number of carbonyl (C=O) groups excluding carboxylic acids is 1. The fourth-order valence-corrected chi connectivity index (χ4v) is 3.11. The summed E-state index contributed by atoms with van der Waals surface area (Å²) in [5.41, 5.74) is 3.19. The molecule has 0 bridgehead atoms. The standard InChI is InChI=1S/C21H16F2N4O/c1-12-10-16(21(28)25-14-8-9-17(22)18(23)11-14)19-13(2)26-27(20(19)24-12)15-6-4-3-5-7-15/h3-11H,1-2H3,(H,25,28). The third-order valence-corrected chi connectivity index (χ3v) is 4.36. The Hall–Kier alpha value is -3.61. The molecule has 0 saturated heterocycles. The van der Waals surface area contributed by atoms with E-state index in [4.69, 9.17) is 0 Å². The number of amides is 1. The molecule has 4 aromatic rings. The van der Waals surface area contributed by atoms with Gasteiger partial charge in [0.25, 0.3) is 5.91 Å². The summed E-state index contributed by atoms with van der Waals surface area (Å²) in [6.07, 6.45) is 0. The van der Waals surface area contributed by atoms with E-state index >= 15 is 0 Å². The van der Waals surface area contributed by atoms with Crippen LogP contribution in [0, 0.1) is 25.5 Å². The van der Waals surface area contributed by atoms with Crippen LogP contribution in [0.5, 0.6) is 0 Å². The lowest BCUT2D eigenvalue weighted by molar-refractivity contribution is 0.102. The Morgan fingerprint density at radius 2 is 1.75 bits per heavy atom. The van der Waals surface area contributed by atoms with Gasteiger partial charge in [-0.3, -0.25) is 4.79 Å². The molecular weight excluding hydrogens is 362 g/mol. The minimum Gasteiger partial charge on any atom is -0.322 e. The monoisotopic (exact) mass is 378 g/mol. The Balaban J connectivity index is 1.82. The minimum absolute atomic E-state index is 0.166. The Morgan fingerprint density at radius 1 is 1.00 bits per heavy atom. The summed E-state index contributed by atoms with van der Waals surface area (Å²) in [4.78, 5) is 17.4. The van der Waals surface area contributed by atoms with Crippen LogP contribution in [0.4, 0.5) is 14.5 Å². The minimum atomic E-state index is -1.03. The topological polar surface area (TPSA) is 59.8 Å². The number of fused-ring (bicyclic) bond motifs is 1. The Labute approximate surface area is 159 Å². The maximum absolute atomic E-state index is 13.5. The molecule has 0 radical (unpaired) electrons. The van der Waals surface area contributed by atoms with Gasteiger partial charge in [-0.1, -0.05) is 18.2 Å². The van der Waals surface area contributed by atoms with Gasteiger partial charge in [-0.15, -0.1) is 0 Å². The second-order valence-electron chi connectivity index (χ2n) is 6.43. The molecule has 0 aliphatic carbocycles. The molecule has 0 unspecified atom stereocenters. The average molecular weight is 378 g/mol. The largest absolute Gasteiger partial charge is 0.322 e. The molecule has 140 valence electrons. The summed E-state index contributed by atoms with van der Waals surface area (Å²) >= 11 is 0. The normalized spacial score (nSPS) is 11.0.